The van der Waals surface area contributed by atoms with Gasteiger partial charge in [0.1, 0.15) is 5.75 Å². The first-order chi connectivity index (χ1) is 9.63. The normalized spacial score (nSPS) is 10.8. The molecule has 20 heavy (non-hydrogen) atoms. The van der Waals surface area contributed by atoms with Crippen LogP contribution in [0.5, 0.6) is 5.75 Å². The molecule has 0 aliphatic rings. The van der Waals surface area contributed by atoms with Gasteiger partial charge in [-0.05, 0) is 56.0 Å². The molecule has 2 rings (SSSR count). The van der Waals surface area contributed by atoms with Gasteiger partial charge in [0.25, 0.3) is 5.89 Å². The summed E-state index contributed by atoms with van der Waals surface area (Å²) in [5, 5.41) is 3.88. The SMILES string of the molecule is CCCc1noc(COc2c(Br)cc(CN)cc2Br)n1. The van der Waals surface area contributed by atoms with Crippen molar-refractivity contribution in [2.24, 2.45) is 5.73 Å². The molecule has 5 nitrogen and oxygen atoms in total. The highest BCUT2D eigenvalue weighted by Crippen LogP contribution is 2.35. The van der Waals surface area contributed by atoms with Crippen LogP contribution < -0.4 is 10.5 Å². The first-order valence-electron chi connectivity index (χ1n) is 6.26. The zero-order valence-corrected chi connectivity index (χ0v) is 14.2. The molecular formula is C13H15Br2N3O2. The Morgan fingerprint density at radius 2 is 2.00 bits per heavy atom. The molecule has 0 atom stereocenters. The van der Waals surface area contributed by atoms with E-state index in [1.54, 1.807) is 0 Å². The molecule has 0 radical (unpaired) electrons. The number of rotatable bonds is 6. The van der Waals surface area contributed by atoms with Crippen molar-refractivity contribution >= 4 is 31.9 Å². The molecule has 0 spiro atoms. The van der Waals surface area contributed by atoms with Crippen molar-refractivity contribution < 1.29 is 9.26 Å². The van der Waals surface area contributed by atoms with Gasteiger partial charge >= 0.3 is 0 Å². The number of nitrogens with two attached hydrogens (primary N) is 1. The van der Waals surface area contributed by atoms with E-state index in [1.807, 2.05) is 12.1 Å². The number of nitrogens with zero attached hydrogens (tertiary/aromatic N) is 2. The molecular weight excluding hydrogens is 390 g/mol. The largest absolute Gasteiger partial charge is 0.481 e. The minimum Gasteiger partial charge on any atom is -0.481 e. The third-order valence-electron chi connectivity index (χ3n) is 2.62. The Hall–Kier alpha value is -0.920. The van der Waals surface area contributed by atoms with E-state index in [4.69, 9.17) is 15.0 Å². The number of aromatic nitrogens is 2. The predicted molar refractivity (Wildman–Crippen MR) is 82.4 cm³/mol. The van der Waals surface area contributed by atoms with Crippen molar-refractivity contribution in [3.63, 3.8) is 0 Å². The fraction of sp³-hybridized carbons (Fsp3) is 0.385. The Kier molecular flexibility index (Phi) is 5.56. The number of hydrogen-bond acceptors (Lipinski definition) is 5. The number of ether oxygens (including phenoxy) is 1. The Bertz CT molecular complexity index is 564. The van der Waals surface area contributed by atoms with E-state index in [9.17, 15) is 0 Å². The molecule has 0 fully saturated rings. The van der Waals surface area contributed by atoms with E-state index in [2.05, 4.69) is 48.9 Å². The van der Waals surface area contributed by atoms with Gasteiger partial charge in [0.15, 0.2) is 12.4 Å². The van der Waals surface area contributed by atoms with Gasteiger partial charge in [-0.1, -0.05) is 12.1 Å². The molecule has 0 saturated carbocycles. The average Bonchev–Trinajstić information content (AvgIpc) is 2.85. The molecule has 0 aliphatic carbocycles. The number of hydrogen-bond donors (Lipinski definition) is 1. The van der Waals surface area contributed by atoms with Gasteiger partial charge in [-0.2, -0.15) is 4.98 Å². The summed E-state index contributed by atoms with van der Waals surface area (Å²) in [5.74, 6) is 1.87. The van der Waals surface area contributed by atoms with Gasteiger partial charge < -0.3 is 15.0 Å². The number of benzene rings is 1. The van der Waals surface area contributed by atoms with Crippen LogP contribution in [0, 0.1) is 0 Å². The van der Waals surface area contributed by atoms with Crippen LogP contribution in [0.1, 0.15) is 30.6 Å². The smallest absolute Gasteiger partial charge is 0.264 e. The fourth-order valence-electron chi connectivity index (χ4n) is 1.68. The van der Waals surface area contributed by atoms with Gasteiger partial charge in [0, 0.05) is 13.0 Å². The van der Waals surface area contributed by atoms with Gasteiger partial charge in [-0.3, -0.25) is 0 Å². The van der Waals surface area contributed by atoms with Crippen LogP contribution in [0.2, 0.25) is 0 Å². The Balaban J connectivity index is 2.06. The molecule has 108 valence electrons. The highest BCUT2D eigenvalue weighted by atomic mass is 79.9. The lowest BCUT2D eigenvalue weighted by atomic mass is 10.2. The Morgan fingerprint density at radius 3 is 2.60 bits per heavy atom. The molecule has 0 bridgehead atoms. The number of aryl methyl sites for hydroxylation is 1. The van der Waals surface area contributed by atoms with E-state index in [1.165, 1.54) is 0 Å². The lowest BCUT2D eigenvalue weighted by Gasteiger charge is -2.10. The topological polar surface area (TPSA) is 74.2 Å². The molecule has 1 heterocycles. The van der Waals surface area contributed by atoms with Crippen molar-refractivity contribution in [1.29, 1.82) is 0 Å². The average molecular weight is 405 g/mol. The molecule has 7 heteroatoms. The summed E-state index contributed by atoms with van der Waals surface area (Å²) in [4.78, 5) is 4.25. The van der Waals surface area contributed by atoms with E-state index in [0.29, 0.717) is 24.0 Å². The van der Waals surface area contributed by atoms with Crippen molar-refractivity contribution in [1.82, 2.24) is 10.1 Å². The summed E-state index contributed by atoms with van der Waals surface area (Å²) in [6.45, 7) is 2.77. The number of halogens is 2. The van der Waals surface area contributed by atoms with Gasteiger partial charge in [0.2, 0.25) is 0 Å². The Morgan fingerprint density at radius 1 is 1.30 bits per heavy atom. The maximum absolute atomic E-state index is 5.71. The van der Waals surface area contributed by atoms with Crippen LogP contribution in [0.4, 0.5) is 0 Å². The van der Waals surface area contributed by atoms with Crippen molar-refractivity contribution in [3.8, 4) is 5.75 Å². The second kappa shape index (κ2) is 7.19. The molecule has 0 amide bonds. The van der Waals surface area contributed by atoms with Crippen molar-refractivity contribution in [2.45, 2.75) is 32.9 Å². The Labute approximate surface area is 134 Å². The van der Waals surface area contributed by atoms with Gasteiger partial charge in [0.05, 0.1) is 8.95 Å². The molecule has 0 unspecified atom stereocenters. The summed E-state index contributed by atoms with van der Waals surface area (Å²) in [7, 11) is 0. The standard InChI is InChI=1S/C13H15Br2N3O2/c1-2-3-11-17-12(20-18-11)7-19-13-9(14)4-8(6-16)5-10(13)15/h4-5H,2-3,6-7,16H2,1H3. The van der Waals surface area contributed by atoms with E-state index in [-0.39, 0.29) is 6.61 Å². The first-order valence-corrected chi connectivity index (χ1v) is 7.84. The van der Waals surface area contributed by atoms with E-state index >= 15 is 0 Å². The van der Waals surface area contributed by atoms with E-state index in [0.717, 1.165) is 27.4 Å². The van der Waals surface area contributed by atoms with Gasteiger partial charge in [-0.15, -0.1) is 0 Å². The third-order valence-corrected chi connectivity index (χ3v) is 3.80. The van der Waals surface area contributed by atoms with Crippen LogP contribution in [0.15, 0.2) is 25.6 Å². The summed E-state index contributed by atoms with van der Waals surface area (Å²) >= 11 is 6.93. The van der Waals surface area contributed by atoms with E-state index < -0.39 is 0 Å². The third kappa shape index (κ3) is 3.80. The lowest BCUT2D eigenvalue weighted by Crippen LogP contribution is -2.00. The minimum atomic E-state index is 0.232. The highest BCUT2D eigenvalue weighted by Gasteiger charge is 2.11. The summed E-state index contributed by atoms with van der Waals surface area (Å²) < 4.78 is 12.5. The van der Waals surface area contributed by atoms with Crippen LogP contribution in [-0.4, -0.2) is 10.1 Å². The second-order valence-corrected chi connectivity index (χ2v) is 5.94. The van der Waals surface area contributed by atoms with Crippen LogP contribution >= 0.6 is 31.9 Å². The molecule has 0 aliphatic heterocycles. The molecule has 0 saturated heterocycles. The molecule has 1 aromatic carbocycles. The summed E-state index contributed by atoms with van der Waals surface area (Å²) in [6, 6.07) is 3.85. The maximum atomic E-state index is 5.71. The van der Waals surface area contributed by atoms with Crippen LogP contribution in [0.25, 0.3) is 0 Å². The minimum absolute atomic E-state index is 0.232. The monoisotopic (exact) mass is 403 g/mol. The zero-order chi connectivity index (χ0) is 14.5. The van der Waals surface area contributed by atoms with Crippen LogP contribution in [0.3, 0.4) is 0 Å². The maximum Gasteiger partial charge on any atom is 0.264 e. The predicted octanol–water partition coefficient (Wildman–Crippen LogP) is 3.58. The highest BCUT2D eigenvalue weighted by molar-refractivity contribution is 9.11. The van der Waals surface area contributed by atoms with Crippen molar-refractivity contribution in [2.75, 3.05) is 0 Å². The fourth-order valence-corrected chi connectivity index (χ4v) is 3.19. The molecule has 1 aromatic heterocycles. The lowest BCUT2D eigenvalue weighted by molar-refractivity contribution is 0.240. The van der Waals surface area contributed by atoms with Crippen molar-refractivity contribution in [3.05, 3.63) is 38.4 Å². The molecule has 2 aromatic rings. The van der Waals surface area contributed by atoms with Crippen LogP contribution in [-0.2, 0) is 19.6 Å². The molecule has 2 N–H and O–H groups in total. The summed E-state index contributed by atoms with van der Waals surface area (Å²) in [6.07, 6.45) is 1.79. The summed E-state index contributed by atoms with van der Waals surface area (Å²) in [5.41, 5.74) is 6.63. The van der Waals surface area contributed by atoms with Gasteiger partial charge in [-0.25, -0.2) is 0 Å². The zero-order valence-electron chi connectivity index (χ0n) is 11.0. The quantitative estimate of drug-likeness (QED) is 0.796. The second-order valence-electron chi connectivity index (χ2n) is 4.24. The first kappa shape index (κ1) is 15.5.